The number of carbonyl (C=O) groups excluding carboxylic acids is 1. The maximum Gasteiger partial charge on any atom is 0.330 e. The van der Waals surface area contributed by atoms with E-state index in [9.17, 15) is 4.79 Å². The van der Waals surface area contributed by atoms with Crippen molar-refractivity contribution in [3.63, 3.8) is 0 Å². The number of carbonyl (C=O) groups is 1. The molecule has 2 nitrogen and oxygen atoms in total. The summed E-state index contributed by atoms with van der Waals surface area (Å²) in [6.45, 7) is 7.79. The van der Waals surface area contributed by atoms with Gasteiger partial charge in [0.05, 0.1) is 6.61 Å². The van der Waals surface area contributed by atoms with E-state index in [1.165, 1.54) is 37.7 Å². The third kappa shape index (κ3) is 5.75. The molecule has 0 unspecified atom stereocenters. The minimum atomic E-state index is -1.18. The van der Waals surface area contributed by atoms with Crippen molar-refractivity contribution < 1.29 is 9.53 Å². The van der Waals surface area contributed by atoms with Crippen LogP contribution in [0.3, 0.4) is 0 Å². The summed E-state index contributed by atoms with van der Waals surface area (Å²) in [4.78, 5) is 11.6. The molecule has 0 bridgehead atoms. The van der Waals surface area contributed by atoms with Gasteiger partial charge in [0.2, 0.25) is 0 Å². The van der Waals surface area contributed by atoms with E-state index in [0.717, 1.165) is 0 Å². The van der Waals surface area contributed by atoms with Crippen molar-refractivity contribution in [3.05, 3.63) is 0 Å². The molecule has 96 valence electrons. The zero-order chi connectivity index (χ0) is 12.4. The molecule has 0 aromatic carbocycles. The van der Waals surface area contributed by atoms with Crippen LogP contribution in [0.15, 0.2) is 0 Å². The van der Waals surface area contributed by atoms with Crippen LogP contribution < -0.4 is 0 Å². The van der Waals surface area contributed by atoms with Crippen LogP contribution in [0.5, 0.6) is 0 Å². The van der Waals surface area contributed by atoms with E-state index in [-0.39, 0.29) is 5.97 Å². The first kappa shape index (κ1) is 15.8. The molecule has 0 atom stereocenters. The lowest BCUT2D eigenvalue weighted by Gasteiger charge is -2.24. The Morgan fingerprint density at radius 2 is 1.44 bits per heavy atom. The van der Waals surface area contributed by atoms with Gasteiger partial charge in [-0.25, -0.2) is 4.79 Å². The summed E-state index contributed by atoms with van der Waals surface area (Å²) in [7, 11) is 0. The summed E-state index contributed by atoms with van der Waals surface area (Å²) < 4.78 is 5.07. The van der Waals surface area contributed by atoms with E-state index in [2.05, 4.69) is 20.8 Å². The van der Waals surface area contributed by atoms with E-state index in [1.54, 1.807) is 0 Å². The van der Waals surface area contributed by atoms with Gasteiger partial charge in [-0.2, -0.15) is 0 Å². The number of esters is 1. The van der Waals surface area contributed by atoms with Crippen molar-refractivity contribution in [3.8, 4) is 0 Å². The number of ether oxygens (including phenoxy) is 1. The molecule has 0 aliphatic carbocycles. The van der Waals surface area contributed by atoms with Crippen LogP contribution in [-0.2, 0) is 9.53 Å². The Morgan fingerprint density at radius 3 is 1.75 bits per heavy atom. The summed E-state index contributed by atoms with van der Waals surface area (Å²) in [6.07, 6.45) is 7.12. The third-order valence-corrected chi connectivity index (χ3v) is 7.44. The van der Waals surface area contributed by atoms with Gasteiger partial charge in [0, 0.05) is 5.80 Å². The quantitative estimate of drug-likeness (QED) is 0.483. The molecule has 0 radical (unpaired) electrons. The van der Waals surface area contributed by atoms with Gasteiger partial charge in [-0.15, -0.1) is 0 Å². The molecule has 0 aliphatic rings. The fourth-order valence-electron chi connectivity index (χ4n) is 2.27. The number of hydrogen-bond donors (Lipinski definition) is 0. The molecule has 0 amide bonds. The molecule has 0 rings (SSSR count). The zero-order valence-corrected chi connectivity index (χ0v) is 12.2. The average Bonchev–Trinajstić information content (AvgIpc) is 2.18. The second-order valence-electron chi connectivity index (χ2n) is 4.27. The molecular weight excluding hydrogens is 219 g/mol. The largest absolute Gasteiger partial charge is 0.463 e. The van der Waals surface area contributed by atoms with Crippen LogP contribution in [-0.4, -0.2) is 36.9 Å². The summed E-state index contributed by atoms with van der Waals surface area (Å²) in [6, 6.07) is 0. The zero-order valence-electron chi connectivity index (χ0n) is 11.3. The molecule has 3 heteroatoms. The highest BCUT2D eigenvalue weighted by Crippen LogP contribution is 2.48. The average molecular weight is 246 g/mol. The Kier molecular flexibility index (Phi) is 8.74. The normalized spacial score (nSPS) is 11.2. The standard InChI is InChI=1S/C13H27O2P/c1-5-9-16(10-6-2,11-7-3)12-13(14)15-8-4/h12H,5-11H2,1-4H3. The molecule has 0 fully saturated rings. The molecule has 0 saturated heterocycles. The van der Waals surface area contributed by atoms with E-state index >= 15 is 0 Å². The molecule has 16 heavy (non-hydrogen) atoms. The first-order valence-corrected chi connectivity index (χ1v) is 8.93. The first-order valence-electron chi connectivity index (χ1n) is 6.52. The fourth-order valence-corrected chi connectivity index (χ4v) is 6.52. The lowest BCUT2D eigenvalue weighted by atomic mass is 10.6. The monoisotopic (exact) mass is 246 g/mol. The van der Waals surface area contributed by atoms with Crippen LogP contribution in [0.4, 0.5) is 0 Å². The van der Waals surface area contributed by atoms with Crippen LogP contribution in [0.25, 0.3) is 0 Å². The van der Waals surface area contributed by atoms with Gasteiger partial charge in [-0.1, -0.05) is 46.9 Å². The summed E-state index contributed by atoms with van der Waals surface area (Å²) in [5, 5.41) is 0. The number of rotatable bonds is 8. The molecule has 0 aromatic heterocycles. The second kappa shape index (κ2) is 8.87. The predicted molar refractivity (Wildman–Crippen MR) is 75.1 cm³/mol. The topological polar surface area (TPSA) is 26.3 Å². The minimum Gasteiger partial charge on any atom is -0.463 e. The molecule has 0 aliphatic heterocycles. The predicted octanol–water partition coefficient (Wildman–Crippen LogP) is 3.60. The highest BCUT2D eigenvalue weighted by molar-refractivity contribution is 7.76. The fraction of sp³-hybridized carbons (Fsp3) is 0.846. The molecule has 0 aromatic rings. The van der Waals surface area contributed by atoms with Gasteiger partial charge >= 0.3 is 5.97 Å². The summed E-state index contributed by atoms with van der Waals surface area (Å²) in [5.74, 6) is 1.86. The van der Waals surface area contributed by atoms with Crippen molar-refractivity contribution in [2.75, 3.05) is 25.1 Å². The Hall–Kier alpha value is -0.230. The molecule has 0 spiro atoms. The maximum atomic E-state index is 11.6. The van der Waals surface area contributed by atoms with Gasteiger partial charge in [0.1, 0.15) is 0 Å². The Balaban J connectivity index is 4.89. The van der Waals surface area contributed by atoms with Gasteiger partial charge < -0.3 is 4.74 Å². The van der Waals surface area contributed by atoms with Crippen LogP contribution in [0, 0.1) is 0 Å². The molecule has 0 heterocycles. The van der Waals surface area contributed by atoms with Crippen molar-refractivity contribution in [2.24, 2.45) is 0 Å². The Morgan fingerprint density at radius 1 is 1.00 bits per heavy atom. The van der Waals surface area contributed by atoms with Gasteiger partial charge in [-0.3, -0.25) is 0 Å². The molecule has 0 N–H and O–H groups in total. The van der Waals surface area contributed by atoms with Crippen LogP contribution in [0.1, 0.15) is 47.0 Å². The summed E-state index contributed by atoms with van der Waals surface area (Å²) in [5.41, 5.74) is 0. The van der Waals surface area contributed by atoms with Crippen molar-refractivity contribution in [1.29, 1.82) is 0 Å². The highest BCUT2D eigenvalue weighted by Gasteiger charge is 2.16. The minimum absolute atomic E-state index is 0.0915. The lowest BCUT2D eigenvalue weighted by molar-refractivity contribution is -0.134. The SMILES string of the molecule is CCCP(=CC(=O)OCC)(CCC)CCC. The van der Waals surface area contributed by atoms with Gasteiger partial charge in [0.25, 0.3) is 0 Å². The number of hydrogen-bond acceptors (Lipinski definition) is 2. The van der Waals surface area contributed by atoms with Crippen molar-refractivity contribution in [1.82, 2.24) is 0 Å². The van der Waals surface area contributed by atoms with E-state index in [4.69, 9.17) is 4.74 Å². The van der Waals surface area contributed by atoms with E-state index in [0.29, 0.717) is 6.61 Å². The van der Waals surface area contributed by atoms with Crippen molar-refractivity contribution in [2.45, 2.75) is 47.0 Å². The molecule has 0 saturated carbocycles. The highest BCUT2D eigenvalue weighted by atomic mass is 31.2. The van der Waals surface area contributed by atoms with E-state index < -0.39 is 6.89 Å². The Bertz CT molecular complexity index is 223. The van der Waals surface area contributed by atoms with Crippen LogP contribution >= 0.6 is 6.89 Å². The van der Waals surface area contributed by atoms with E-state index in [1.807, 2.05) is 12.7 Å². The smallest absolute Gasteiger partial charge is 0.330 e. The lowest BCUT2D eigenvalue weighted by Crippen LogP contribution is -2.11. The maximum absolute atomic E-state index is 11.6. The van der Waals surface area contributed by atoms with Gasteiger partial charge in [0.15, 0.2) is 0 Å². The first-order chi connectivity index (χ1) is 7.64. The van der Waals surface area contributed by atoms with Gasteiger partial charge in [-0.05, 0) is 25.4 Å². The third-order valence-electron chi connectivity index (χ3n) is 2.67. The van der Waals surface area contributed by atoms with Crippen molar-refractivity contribution >= 4 is 18.7 Å². The summed E-state index contributed by atoms with van der Waals surface area (Å²) >= 11 is 0. The molecular formula is C13H27O2P. The van der Waals surface area contributed by atoms with Crippen LogP contribution in [0.2, 0.25) is 0 Å². The Labute approximate surface area is 101 Å². The second-order valence-corrected chi connectivity index (χ2v) is 8.31.